The zero-order valence-electron chi connectivity index (χ0n) is 23.4. The van der Waals surface area contributed by atoms with Crippen LogP contribution in [0.5, 0.6) is 0 Å². The molecule has 1 fully saturated rings. The number of carbonyl (C=O) groups excluding carboxylic acids is 2. The summed E-state index contributed by atoms with van der Waals surface area (Å²) in [5.74, 6) is 1.28. The first kappa shape index (κ1) is 27.0. The summed E-state index contributed by atoms with van der Waals surface area (Å²) in [5, 5.41) is 11.0. The molecular weight excluding hydrogens is 562 g/mol. The molecule has 0 radical (unpaired) electrons. The molecule has 2 aromatic carbocycles. The summed E-state index contributed by atoms with van der Waals surface area (Å²) >= 11 is 1.71. The molecule has 0 bridgehead atoms. The van der Waals surface area contributed by atoms with Crippen molar-refractivity contribution >= 4 is 61.3 Å². The van der Waals surface area contributed by atoms with E-state index in [1.807, 2.05) is 29.3 Å². The number of amides is 2. The van der Waals surface area contributed by atoms with Gasteiger partial charge in [-0.05, 0) is 54.5 Å². The Bertz CT molecular complexity index is 1890. The van der Waals surface area contributed by atoms with Gasteiger partial charge in [-0.3, -0.25) is 14.7 Å². The molecule has 10 nitrogen and oxygen atoms in total. The SMILES string of the molecule is C=CC(=O)Nc1ccc(C(=O)N2CC=C(c3cc4nc(-c5cccc6[nH]ncc56)nc(N5CCOCC5)c4s3)CC2)cc1. The minimum absolute atomic E-state index is 0.0354. The number of nitrogens with zero attached hydrogens (tertiary/aromatic N) is 5. The van der Waals surface area contributed by atoms with Crippen molar-refractivity contribution in [1.29, 1.82) is 0 Å². The number of nitrogens with one attached hydrogen (secondary N) is 2. The molecule has 2 aliphatic rings. The standard InChI is InChI=1S/C32H29N7O3S/c1-2-28(40)34-22-8-6-21(7-9-22)32(41)39-12-10-20(11-13-39)27-18-26-29(43-27)31(38-14-16-42-17-15-38)36-30(35-26)23-4-3-5-25-24(23)19-33-37-25/h2-10,18-19H,1,11-17H2,(H,33,37)(H,34,40). The van der Waals surface area contributed by atoms with E-state index in [4.69, 9.17) is 14.7 Å². The van der Waals surface area contributed by atoms with Gasteiger partial charge in [0, 0.05) is 53.3 Å². The zero-order valence-corrected chi connectivity index (χ0v) is 24.2. The highest BCUT2D eigenvalue weighted by Gasteiger charge is 2.24. The average molecular weight is 592 g/mol. The quantitative estimate of drug-likeness (QED) is 0.263. The number of hydrogen-bond donors (Lipinski definition) is 2. The molecule has 0 unspecified atom stereocenters. The van der Waals surface area contributed by atoms with Gasteiger partial charge in [0.05, 0.1) is 35.1 Å². The molecule has 0 aliphatic carbocycles. The Hall–Kier alpha value is -4.87. The Labute approximate surface area is 251 Å². The molecule has 0 spiro atoms. The molecule has 7 rings (SSSR count). The lowest BCUT2D eigenvalue weighted by Gasteiger charge is -2.28. The van der Waals surface area contributed by atoms with Crippen LogP contribution in [0.15, 0.2) is 73.5 Å². The van der Waals surface area contributed by atoms with Gasteiger partial charge >= 0.3 is 0 Å². The summed E-state index contributed by atoms with van der Waals surface area (Å²) in [5.41, 5.74) is 5.22. The van der Waals surface area contributed by atoms with Crippen LogP contribution < -0.4 is 10.2 Å². The summed E-state index contributed by atoms with van der Waals surface area (Å²) in [4.78, 5) is 40.2. The highest BCUT2D eigenvalue weighted by atomic mass is 32.1. The molecule has 2 N–H and O–H groups in total. The van der Waals surface area contributed by atoms with Crippen LogP contribution in [-0.4, -0.2) is 76.3 Å². The minimum Gasteiger partial charge on any atom is -0.378 e. The van der Waals surface area contributed by atoms with E-state index in [9.17, 15) is 9.59 Å². The predicted molar refractivity (Wildman–Crippen MR) is 169 cm³/mol. The highest BCUT2D eigenvalue weighted by molar-refractivity contribution is 7.20. The fourth-order valence-electron chi connectivity index (χ4n) is 5.50. The number of fused-ring (bicyclic) bond motifs is 2. The third-order valence-corrected chi connectivity index (χ3v) is 8.98. The number of anilines is 2. The fraction of sp³-hybridized carbons (Fsp3) is 0.219. The maximum atomic E-state index is 13.2. The normalized spacial score (nSPS) is 15.5. The summed E-state index contributed by atoms with van der Waals surface area (Å²) in [6, 6.07) is 15.1. The van der Waals surface area contributed by atoms with E-state index in [0.29, 0.717) is 43.4 Å². The van der Waals surface area contributed by atoms with E-state index in [1.165, 1.54) is 11.6 Å². The molecule has 3 aromatic heterocycles. The van der Waals surface area contributed by atoms with E-state index in [0.717, 1.165) is 56.9 Å². The van der Waals surface area contributed by atoms with Crippen molar-refractivity contribution in [3.05, 3.63) is 83.9 Å². The van der Waals surface area contributed by atoms with Gasteiger partial charge in [-0.1, -0.05) is 24.8 Å². The number of ether oxygens (including phenoxy) is 1. The van der Waals surface area contributed by atoms with Gasteiger partial charge in [0.2, 0.25) is 5.91 Å². The van der Waals surface area contributed by atoms with Crippen molar-refractivity contribution in [1.82, 2.24) is 25.1 Å². The largest absolute Gasteiger partial charge is 0.378 e. The van der Waals surface area contributed by atoms with E-state index in [1.54, 1.807) is 35.6 Å². The van der Waals surface area contributed by atoms with Crippen LogP contribution in [-0.2, 0) is 9.53 Å². The number of aromatic nitrogens is 4. The summed E-state index contributed by atoms with van der Waals surface area (Å²) in [7, 11) is 0. The average Bonchev–Trinajstić information content (AvgIpc) is 3.72. The Kier molecular flexibility index (Phi) is 7.17. The third kappa shape index (κ3) is 5.28. The first-order valence-electron chi connectivity index (χ1n) is 14.2. The van der Waals surface area contributed by atoms with E-state index in [-0.39, 0.29) is 11.8 Å². The second-order valence-corrected chi connectivity index (χ2v) is 11.5. The van der Waals surface area contributed by atoms with Crippen molar-refractivity contribution in [3.63, 3.8) is 0 Å². The van der Waals surface area contributed by atoms with E-state index >= 15 is 0 Å². The Balaban J connectivity index is 1.17. The number of H-pyrrole nitrogens is 1. The van der Waals surface area contributed by atoms with Crippen molar-refractivity contribution in [3.8, 4) is 11.4 Å². The van der Waals surface area contributed by atoms with Crippen LogP contribution in [0.4, 0.5) is 11.5 Å². The topological polar surface area (TPSA) is 116 Å². The Morgan fingerprint density at radius 1 is 1.07 bits per heavy atom. The van der Waals surface area contributed by atoms with Gasteiger partial charge in [0.25, 0.3) is 5.91 Å². The fourth-order valence-corrected chi connectivity index (χ4v) is 6.68. The lowest BCUT2D eigenvalue weighted by atomic mass is 10.1. The molecule has 1 saturated heterocycles. The van der Waals surface area contributed by atoms with Gasteiger partial charge in [-0.15, -0.1) is 11.3 Å². The number of rotatable bonds is 6. The van der Waals surface area contributed by atoms with Crippen LogP contribution in [0.1, 0.15) is 21.7 Å². The molecule has 11 heteroatoms. The molecule has 0 saturated carbocycles. The third-order valence-electron chi connectivity index (χ3n) is 7.79. The van der Waals surface area contributed by atoms with Crippen molar-refractivity contribution < 1.29 is 14.3 Å². The minimum atomic E-state index is -0.288. The lowest BCUT2D eigenvalue weighted by molar-refractivity contribution is -0.111. The molecule has 43 heavy (non-hydrogen) atoms. The highest BCUT2D eigenvalue weighted by Crippen LogP contribution is 2.39. The molecule has 216 valence electrons. The van der Waals surface area contributed by atoms with Crippen LogP contribution >= 0.6 is 11.3 Å². The second-order valence-electron chi connectivity index (χ2n) is 10.4. The number of carbonyl (C=O) groups is 2. The van der Waals surface area contributed by atoms with Crippen molar-refractivity contribution in [2.45, 2.75) is 6.42 Å². The van der Waals surface area contributed by atoms with E-state index < -0.39 is 0 Å². The first-order chi connectivity index (χ1) is 21.1. The van der Waals surface area contributed by atoms with Gasteiger partial charge in [-0.25, -0.2) is 9.97 Å². The van der Waals surface area contributed by atoms with Crippen molar-refractivity contribution in [2.75, 3.05) is 49.6 Å². The number of morpholine rings is 1. The number of hydrogen-bond acceptors (Lipinski definition) is 8. The summed E-state index contributed by atoms with van der Waals surface area (Å²) in [6.07, 6.45) is 5.91. The number of benzene rings is 2. The summed E-state index contributed by atoms with van der Waals surface area (Å²) in [6.45, 7) is 7.47. The lowest BCUT2D eigenvalue weighted by Crippen LogP contribution is -2.36. The van der Waals surface area contributed by atoms with Gasteiger partial charge in [0.1, 0.15) is 0 Å². The summed E-state index contributed by atoms with van der Waals surface area (Å²) < 4.78 is 6.69. The molecule has 5 heterocycles. The van der Waals surface area contributed by atoms with Gasteiger partial charge in [0.15, 0.2) is 11.6 Å². The number of thiophene rings is 1. The van der Waals surface area contributed by atoms with Crippen LogP contribution in [0.2, 0.25) is 0 Å². The van der Waals surface area contributed by atoms with Gasteiger partial charge in [-0.2, -0.15) is 5.10 Å². The maximum absolute atomic E-state index is 13.2. The van der Waals surface area contributed by atoms with Crippen LogP contribution in [0, 0.1) is 0 Å². The first-order valence-corrected chi connectivity index (χ1v) is 15.0. The molecular formula is C32H29N7O3S. The van der Waals surface area contributed by atoms with Gasteiger partial charge < -0.3 is 19.9 Å². The monoisotopic (exact) mass is 591 g/mol. The molecule has 2 amide bonds. The smallest absolute Gasteiger partial charge is 0.254 e. The van der Waals surface area contributed by atoms with Crippen LogP contribution in [0.3, 0.4) is 0 Å². The van der Waals surface area contributed by atoms with Crippen LogP contribution in [0.25, 0.3) is 38.1 Å². The Morgan fingerprint density at radius 2 is 1.91 bits per heavy atom. The Morgan fingerprint density at radius 3 is 2.67 bits per heavy atom. The molecule has 0 atom stereocenters. The van der Waals surface area contributed by atoms with E-state index in [2.05, 4.69) is 39.1 Å². The predicted octanol–water partition coefficient (Wildman–Crippen LogP) is 5.13. The zero-order chi connectivity index (χ0) is 29.3. The van der Waals surface area contributed by atoms with Crippen molar-refractivity contribution in [2.24, 2.45) is 0 Å². The maximum Gasteiger partial charge on any atom is 0.254 e. The second kappa shape index (κ2) is 11.4. The molecule has 2 aliphatic heterocycles. The molecule has 5 aromatic rings. The number of aromatic amines is 1.